The average Bonchev–Trinajstić information content (AvgIpc) is 2.94. The lowest BCUT2D eigenvalue weighted by Gasteiger charge is -2.07. The molecule has 0 aliphatic rings. The van der Waals surface area contributed by atoms with Gasteiger partial charge in [0.25, 0.3) is 0 Å². The molecule has 0 bridgehead atoms. The van der Waals surface area contributed by atoms with Crippen molar-refractivity contribution < 1.29 is 9.53 Å². The van der Waals surface area contributed by atoms with Crippen LogP contribution in [0.5, 0.6) is 0 Å². The van der Waals surface area contributed by atoms with E-state index in [1.165, 1.54) is 18.1 Å². The highest BCUT2D eigenvalue weighted by atomic mass is 32.1. The third-order valence-electron chi connectivity index (χ3n) is 3.36. The lowest BCUT2D eigenvalue weighted by Crippen LogP contribution is -2.01. The van der Waals surface area contributed by atoms with Crippen LogP contribution in [0.25, 0.3) is 21.2 Å². The van der Waals surface area contributed by atoms with Crippen LogP contribution in [0.3, 0.4) is 0 Å². The molecule has 100 valence electrons. The van der Waals surface area contributed by atoms with Gasteiger partial charge in [0.1, 0.15) is 0 Å². The van der Waals surface area contributed by atoms with E-state index in [0.717, 1.165) is 15.8 Å². The first kappa shape index (κ1) is 12.9. The maximum Gasteiger partial charge on any atom is 0.337 e. The number of rotatable bonds is 2. The molecule has 3 aromatic rings. The molecule has 0 unspecified atom stereocenters. The van der Waals surface area contributed by atoms with E-state index >= 15 is 0 Å². The predicted molar refractivity (Wildman–Crippen MR) is 83.3 cm³/mol. The zero-order chi connectivity index (χ0) is 14.1. The molecule has 2 nitrogen and oxygen atoms in total. The molecule has 0 aliphatic carbocycles. The summed E-state index contributed by atoms with van der Waals surface area (Å²) in [5, 5.41) is 3.22. The number of esters is 1. The molecule has 0 saturated heterocycles. The number of fused-ring (bicyclic) bond motifs is 1. The SMILES string of the molecule is COC(=O)c1cc(-c2ccc(C)cc2)c2ccsc2c1. The standard InChI is InChI=1S/C17H14O2S/c1-11-3-5-12(6-4-11)15-9-13(17(18)19-2)10-16-14(15)7-8-20-16/h3-10H,1-2H3. The van der Waals surface area contributed by atoms with Gasteiger partial charge < -0.3 is 4.74 Å². The van der Waals surface area contributed by atoms with Crippen molar-refractivity contribution in [2.45, 2.75) is 6.92 Å². The van der Waals surface area contributed by atoms with Gasteiger partial charge in [-0.1, -0.05) is 29.8 Å². The fourth-order valence-corrected chi connectivity index (χ4v) is 3.13. The third-order valence-corrected chi connectivity index (χ3v) is 4.22. The zero-order valence-corrected chi connectivity index (χ0v) is 12.2. The van der Waals surface area contributed by atoms with Crippen molar-refractivity contribution in [1.29, 1.82) is 0 Å². The van der Waals surface area contributed by atoms with Crippen LogP contribution >= 0.6 is 11.3 Å². The number of benzene rings is 2. The summed E-state index contributed by atoms with van der Waals surface area (Å²) in [7, 11) is 1.41. The van der Waals surface area contributed by atoms with Crippen LogP contribution in [0.15, 0.2) is 47.8 Å². The highest BCUT2D eigenvalue weighted by Gasteiger charge is 2.12. The van der Waals surface area contributed by atoms with Crippen LogP contribution < -0.4 is 0 Å². The van der Waals surface area contributed by atoms with Crippen molar-refractivity contribution in [3.63, 3.8) is 0 Å². The summed E-state index contributed by atoms with van der Waals surface area (Å²) in [4.78, 5) is 11.8. The fourth-order valence-electron chi connectivity index (χ4n) is 2.28. The van der Waals surface area contributed by atoms with Gasteiger partial charge in [-0.05, 0) is 41.6 Å². The largest absolute Gasteiger partial charge is 0.465 e. The molecule has 0 spiro atoms. The Morgan fingerprint density at radius 3 is 2.55 bits per heavy atom. The Labute approximate surface area is 121 Å². The van der Waals surface area contributed by atoms with E-state index in [1.807, 2.05) is 17.5 Å². The summed E-state index contributed by atoms with van der Waals surface area (Å²) in [5.74, 6) is -0.298. The maximum atomic E-state index is 11.8. The molecule has 1 aromatic heterocycles. The highest BCUT2D eigenvalue weighted by Crippen LogP contribution is 2.33. The Balaban J connectivity index is 2.24. The summed E-state index contributed by atoms with van der Waals surface area (Å²) in [6, 6.07) is 14.2. The second-order valence-corrected chi connectivity index (χ2v) is 5.66. The number of hydrogen-bond donors (Lipinski definition) is 0. The predicted octanol–water partition coefficient (Wildman–Crippen LogP) is 4.66. The molecule has 0 radical (unpaired) electrons. The van der Waals surface area contributed by atoms with Gasteiger partial charge in [-0.3, -0.25) is 0 Å². The van der Waals surface area contributed by atoms with E-state index in [-0.39, 0.29) is 5.97 Å². The Morgan fingerprint density at radius 1 is 1.10 bits per heavy atom. The quantitative estimate of drug-likeness (QED) is 0.639. The molecular formula is C17H14O2S. The Morgan fingerprint density at radius 2 is 1.85 bits per heavy atom. The third kappa shape index (κ3) is 2.21. The van der Waals surface area contributed by atoms with E-state index < -0.39 is 0 Å². The van der Waals surface area contributed by atoms with Gasteiger partial charge in [-0.15, -0.1) is 11.3 Å². The summed E-state index contributed by atoms with van der Waals surface area (Å²) in [5.41, 5.74) is 4.01. The minimum Gasteiger partial charge on any atom is -0.465 e. The molecule has 1 heterocycles. The van der Waals surface area contributed by atoms with Crippen molar-refractivity contribution in [2.75, 3.05) is 7.11 Å². The van der Waals surface area contributed by atoms with Gasteiger partial charge in [-0.2, -0.15) is 0 Å². The van der Waals surface area contributed by atoms with Crippen molar-refractivity contribution in [2.24, 2.45) is 0 Å². The number of aryl methyl sites for hydroxylation is 1. The second-order valence-electron chi connectivity index (χ2n) is 4.71. The van der Waals surface area contributed by atoms with E-state index in [9.17, 15) is 4.79 Å². The van der Waals surface area contributed by atoms with Crippen LogP contribution in [0.2, 0.25) is 0 Å². The lowest BCUT2D eigenvalue weighted by atomic mass is 9.98. The summed E-state index contributed by atoms with van der Waals surface area (Å²) in [6.45, 7) is 2.06. The van der Waals surface area contributed by atoms with Crippen LogP contribution in [0.4, 0.5) is 0 Å². The highest BCUT2D eigenvalue weighted by molar-refractivity contribution is 7.17. The van der Waals surface area contributed by atoms with Gasteiger partial charge in [0, 0.05) is 10.1 Å². The normalized spacial score (nSPS) is 10.7. The van der Waals surface area contributed by atoms with Crippen molar-refractivity contribution in [3.05, 3.63) is 59.0 Å². The fraction of sp³-hybridized carbons (Fsp3) is 0.118. The van der Waals surface area contributed by atoms with Crippen LogP contribution in [0.1, 0.15) is 15.9 Å². The summed E-state index contributed by atoms with van der Waals surface area (Å²) >= 11 is 1.63. The number of carbonyl (C=O) groups excluding carboxylic acids is 1. The van der Waals surface area contributed by atoms with Gasteiger partial charge in [0.05, 0.1) is 12.7 Å². The summed E-state index contributed by atoms with van der Waals surface area (Å²) in [6.07, 6.45) is 0. The number of hydrogen-bond acceptors (Lipinski definition) is 3. The number of carbonyl (C=O) groups is 1. The Bertz CT molecular complexity index is 769. The maximum absolute atomic E-state index is 11.8. The average molecular weight is 282 g/mol. The monoisotopic (exact) mass is 282 g/mol. The molecule has 0 fully saturated rings. The van der Waals surface area contributed by atoms with Gasteiger partial charge in [0.2, 0.25) is 0 Å². The molecule has 2 aromatic carbocycles. The molecule has 3 heteroatoms. The van der Waals surface area contributed by atoms with Crippen molar-refractivity contribution in [3.8, 4) is 11.1 Å². The van der Waals surface area contributed by atoms with Crippen LogP contribution in [0, 0.1) is 6.92 Å². The molecule has 0 aliphatic heterocycles. The van der Waals surface area contributed by atoms with Gasteiger partial charge in [0.15, 0.2) is 0 Å². The minimum absolute atomic E-state index is 0.298. The summed E-state index contributed by atoms with van der Waals surface area (Å²) < 4.78 is 5.94. The van der Waals surface area contributed by atoms with Crippen molar-refractivity contribution in [1.82, 2.24) is 0 Å². The van der Waals surface area contributed by atoms with Gasteiger partial charge >= 0.3 is 5.97 Å². The Kier molecular flexibility index (Phi) is 3.28. The van der Waals surface area contributed by atoms with Gasteiger partial charge in [-0.25, -0.2) is 4.79 Å². The lowest BCUT2D eigenvalue weighted by molar-refractivity contribution is 0.0601. The first-order valence-electron chi connectivity index (χ1n) is 6.35. The van der Waals surface area contributed by atoms with E-state index in [4.69, 9.17) is 4.74 Å². The second kappa shape index (κ2) is 5.10. The van der Waals surface area contributed by atoms with Crippen LogP contribution in [-0.4, -0.2) is 13.1 Å². The van der Waals surface area contributed by atoms with E-state index in [1.54, 1.807) is 11.3 Å². The Hall–Kier alpha value is -2.13. The molecule has 20 heavy (non-hydrogen) atoms. The first-order valence-corrected chi connectivity index (χ1v) is 7.23. The first-order chi connectivity index (χ1) is 9.69. The molecule has 0 saturated carbocycles. The van der Waals surface area contributed by atoms with Crippen LogP contribution in [-0.2, 0) is 4.74 Å². The van der Waals surface area contributed by atoms with E-state index in [0.29, 0.717) is 5.56 Å². The molecular weight excluding hydrogens is 268 g/mol. The molecule has 0 N–H and O–H groups in total. The van der Waals surface area contributed by atoms with Crippen molar-refractivity contribution >= 4 is 27.4 Å². The number of ether oxygens (including phenoxy) is 1. The molecule has 0 atom stereocenters. The number of methoxy groups -OCH3 is 1. The topological polar surface area (TPSA) is 26.3 Å². The zero-order valence-electron chi connectivity index (χ0n) is 11.3. The molecule has 0 amide bonds. The number of thiophene rings is 1. The molecule has 3 rings (SSSR count). The minimum atomic E-state index is -0.298. The van der Waals surface area contributed by atoms with E-state index in [2.05, 4.69) is 37.3 Å². The smallest absolute Gasteiger partial charge is 0.337 e.